The molecule has 0 aliphatic carbocycles. The third-order valence-electron chi connectivity index (χ3n) is 2.69. The van der Waals surface area contributed by atoms with Crippen LogP contribution in [0.15, 0.2) is 53.4 Å². The van der Waals surface area contributed by atoms with Gasteiger partial charge in [-0.1, -0.05) is 29.8 Å². The molecule has 2 aromatic rings. The van der Waals surface area contributed by atoms with Gasteiger partial charge in [-0.05, 0) is 30.3 Å². The Morgan fingerprint density at radius 3 is 2.56 bits per heavy atom. The van der Waals surface area contributed by atoms with Crippen LogP contribution in [0.2, 0.25) is 5.02 Å². The van der Waals surface area contributed by atoms with E-state index in [0.29, 0.717) is 10.8 Å². The highest BCUT2D eigenvalue weighted by molar-refractivity contribution is 8.00. The van der Waals surface area contributed by atoms with Crippen LogP contribution in [-0.4, -0.2) is 5.97 Å². The molecule has 1 heterocycles. The second-order valence-electron chi connectivity index (χ2n) is 3.91. The summed E-state index contributed by atoms with van der Waals surface area (Å²) in [4.78, 5) is 12.8. The highest BCUT2D eigenvalue weighted by Crippen LogP contribution is 2.44. The maximum Gasteiger partial charge on any atom is 0.329 e. The number of ether oxygens (including phenoxy) is 1. The summed E-state index contributed by atoms with van der Waals surface area (Å²) in [5, 5.41) is 0.399. The quantitative estimate of drug-likeness (QED) is 0.610. The van der Waals surface area contributed by atoms with Gasteiger partial charge in [0.05, 0.1) is 0 Å². The largest absolute Gasteiger partial charge is 0.425 e. The van der Waals surface area contributed by atoms with Crippen molar-refractivity contribution in [3.8, 4) is 5.75 Å². The first-order chi connectivity index (χ1) is 8.74. The number of para-hydroxylation sites is 1. The molecule has 90 valence electrons. The zero-order chi connectivity index (χ0) is 12.5. The monoisotopic (exact) mass is 276 g/mol. The van der Waals surface area contributed by atoms with Gasteiger partial charge in [-0.25, -0.2) is 0 Å². The number of thioether (sulfide) groups is 1. The highest BCUT2D eigenvalue weighted by atomic mass is 35.5. The lowest BCUT2D eigenvalue weighted by Crippen LogP contribution is -2.06. The fourth-order valence-electron chi connectivity index (χ4n) is 1.84. The molecule has 0 fully saturated rings. The molecular formula is C14H9ClO2S. The minimum Gasteiger partial charge on any atom is -0.425 e. The summed E-state index contributed by atoms with van der Waals surface area (Å²) in [6, 6.07) is 15.0. The topological polar surface area (TPSA) is 26.3 Å². The molecule has 1 aliphatic heterocycles. The molecule has 0 saturated heterocycles. The third kappa shape index (κ3) is 2.11. The second kappa shape index (κ2) is 4.67. The van der Waals surface area contributed by atoms with E-state index in [2.05, 4.69) is 0 Å². The summed E-state index contributed by atoms with van der Waals surface area (Å²) >= 11 is 7.31. The number of carbonyl (C=O) groups is 1. The van der Waals surface area contributed by atoms with Crippen LogP contribution in [-0.2, 0) is 4.79 Å². The molecular weight excluding hydrogens is 268 g/mol. The van der Waals surface area contributed by atoms with E-state index in [4.69, 9.17) is 16.3 Å². The van der Waals surface area contributed by atoms with Gasteiger partial charge in [-0.15, -0.1) is 11.8 Å². The first-order valence-electron chi connectivity index (χ1n) is 5.47. The lowest BCUT2D eigenvalue weighted by molar-refractivity contribution is -0.132. The van der Waals surface area contributed by atoms with Crippen molar-refractivity contribution in [2.45, 2.75) is 10.1 Å². The third-order valence-corrected chi connectivity index (χ3v) is 4.17. The summed E-state index contributed by atoms with van der Waals surface area (Å²) < 4.78 is 5.23. The first kappa shape index (κ1) is 11.6. The van der Waals surface area contributed by atoms with Crippen molar-refractivity contribution >= 4 is 29.3 Å². The zero-order valence-electron chi connectivity index (χ0n) is 9.30. The molecule has 0 saturated carbocycles. The number of rotatable bonds is 2. The van der Waals surface area contributed by atoms with Crippen LogP contribution in [0.3, 0.4) is 0 Å². The molecule has 1 atom stereocenters. The molecule has 0 N–H and O–H groups in total. The van der Waals surface area contributed by atoms with Crippen LogP contribution in [0.25, 0.3) is 0 Å². The van der Waals surface area contributed by atoms with Gasteiger partial charge in [0.1, 0.15) is 11.0 Å². The maximum absolute atomic E-state index is 11.8. The van der Waals surface area contributed by atoms with Crippen LogP contribution in [0.4, 0.5) is 0 Å². The summed E-state index contributed by atoms with van der Waals surface area (Å²) in [6.07, 6.45) is 0. The van der Waals surface area contributed by atoms with Crippen LogP contribution in [0, 0.1) is 0 Å². The van der Waals surface area contributed by atoms with E-state index in [1.807, 2.05) is 48.5 Å². The summed E-state index contributed by atoms with van der Waals surface area (Å²) in [5.74, 6) is 0.449. The van der Waals surface area contributed by atoms with E-state index in [1.165, 1.54) is 11.8 Å². The predicted octanol–water partition coefficient (Wildman–Crippen LogP) is 4.09. The van der Waals surface area contributed by atoms with Crippen molar-refractivity contribution in [1.29, 1.82) is 0 Å². The number of hydrogen-bond donors (Lipinski definition) is 0. The minimum atomic E-state index is -0.289. The number of esters is 1. The maximum atomic E-state index is 11.8. The van der Waals surface area contributed by atoms with E-state index in [0.717, 1.165) is 10.5 Å². The minimum absolute atomic E-state index is 0.212. The van der Waals surface area contributed by atoms with Gasteiger partial charge in [-0.2, -0.15) is 0 Å². The van der Waals surface area contributed by atoms with Crippen LogP contribution >= 0.6 is 23.4 Å². The van der Waals surface area contributed by atoms with Crippen LogP contribution < -0.4 is 4.74 Å². The molecule has 0 radical (unpaired) electrons. The van der Waals surface area contributed by atoms with E-state index in [9.17, 15) is 4.79 Å². The molecule has 4 heteroatoms. The zero-order valence-corrected chi connectivity index (χ0v) is 10.9. The van der Waals surface area contributed by atoms with Gasteiger partial charge >= 0.3 is 5.97 Å². The first-order valence-corrected chi connectivity index (χ1v) is 6.72. The lowest BCUT2D eigenvalue weighted by atomic mass is 10.2. The molecule has 0 amide bonds. The van der Waals surface area contributed by atoms with E-state index >= 15 is 0 Å². The van der Waals surface area contributed by atoms with E-state index < -0.39 is 0 Å². The van der Waals surface area contributed by atoms with Crippen LogP contribution in [0.5, 0.6) is 5.75 Å². The van der Waals surface area contributed by atoms with Crippen LogP contribution in [0.1, 0.15) is 10.8 Å². The van der Waals surface area contributed by atoms with Crippen molar-refractivity contribution < 1.29 is 9.53 Å². The highest BCUT2D eigenvalue weighted by Gasteiger charge is 2.33. The Balaban J connectivity index is 1.89. The van der Waals surface area contributed by atoms with Gasteiger partial charge in [0.2, 0.25) is 0 Å². The number of hydrogen-bond acceptors (Lipinski definition) is 3. The Morgan fingerprint density at radius 1 is 1.06 bits per heavy atom. The van der Waals surface area contributed by atoms with Crippen molar-refractivity contribution in [3.63, 3.8) is 0 Å². The number of carbonyl (C=O) groups excluding carboxylic acids is 1. The van der Waals surface area contributed by atoms with Crippen molar-refractivity contribution in [3.05, 3.63) is 59.1 Å². The van der Waals surface area contributed by atoms with Gasteiger partial charge in [0, 0.05) is 15.5 Å². The summed E-state index contributed by atoms with van der Waals surface area (Å²) in [6.45, 7) is 0. The molecule has 0 bridgehead atoms. The molecule has 0 aromatic heterocycles. The van der Waals surface area contributed by atoms with Crippen molar-refractivity contribution in [2.24, 2.45) is 0 Å². The fraction of sp³-hybridized carbons (Fsp3) is 0.0714. The number of halogens is 1. The molecule has 2 nitrogen and oxygen atoms in total. The Hall–Kier alpha value is -1.45. The Bertz CT molecular complexity index is 595. The molecule has 18 heavy (non-hydrogen) atoms. The Morgan fingerprint density at radius 2 is 1.78 bits per heavy atom. The van der Waals surface area contributed by atoms with Gasteiger partial charge < -0.3 is 4.74 Å². The van der Waals surface area contributed by atoms with Crippen molar-refractivity contribution in [1.82, 2.24) is 0 Å². The average Bonchev–Trinajstić information content (AvgIpc) is 2.69. The standard InChI is InChI=1S/C14H9ClO2S/c15-9-5-7-10(8-6-9)18-13-11-3-1-2-4-12(11)17-14(13)16/h1-8,13H. The SMILES string of the molecule is O=C1Oc2ccccc2C1Sc1ccc(Cl)cc1. The van der Waals surface area contributed by atoms with Gasteiger partial charge in [-0.3, -0.25) is 4.79 Å². The normalized spacial score (nSPS) is 17.4. The molecule has 1 aliphatic rings. The molecule has 0 spiro atoms. The van der Waals surface area contributed by atoms with Gasteiger partial charge in [0.25, 0.3) is 0 Å². The van der Waals surface area contributed by atoms with Gasteiger partial charge in [0.15, 0.2) is 0 Å². The second-order valence-corrected chi connectivity index (χ2v) is 5.53. The summed E-state index contributed by atoms with van der Waals surface area (Å²) in [7, 11) is 0. The lowest BCUT2D eigenvalue weighted by Gasteiger charge is -2.06. The predicted molar refractivity (Wildman–Crippen MR) is 72.1 cm³/mol. The fourth-order valence-corrected chi connectivity index (χ4v) is 3.00. The summed E-state index contributed by atoms with van der Waals surface area (Å²) in [5.41, 5.74) is 0.933. The smallest absolute Gasteiger partial charge is 0.329 e. The molecule has 3 rings (SSSR count). The van der Waals surface area contributed by atoms with E-state index in [1.54, 1.807) is 0 Å². The Labute approximate surface area is 114 Å². The average molecular weight is 277 g/mol. The van der Waals surface area contributed by atoms with Crippen molar-refractivity contribution in [2.75, 3.05) is 0 Å². The molecule has 2 aromatic carbocycles. The molecule has 1 unspecified atom stereocenters. The number of fused-ring (bicyclic) bond motifs is 1. The van der Waals surface area contributed by atoms with E-state index in [-0.39, 0.29) is 11.2 Å². The number of benzene rings is 2. The Kier molecular flexibility index (Phi) is 3.02.